The largest absolute Gasteiger partial charge is 0.461 e. The van der Waals surface area contributed by atoms with Gasteiger partial charge in [-0.05, 0) is 21.5 Å². The fraction of sp³-hybridized carbons (Fsp3) is 0.0833. The number of hydrogen-bond donors (Lipinski definition) is 1. The molecule has 6 heteroatoms. The Morgan fingerprint density at radius 2 is 2.17 bits per heavy atom. The van der Waals surface area contributed by atoms with Crippen LogP contribution in [0.4, 0.5) is 4.79 Å². The summed E-state index contributed by atoms with van der Waals surface area (Å²) < 4.78 is 7.15. The van der Waals surface area contributed by atoms with Crippen LogP contribution in [0.2, 0.25) is 0 Å². The maximum Gasteiger partial charge on any atom is 0.461 e. The highest BCUT2D eigenvalue weighted by Gasteiger charge is 2.09. The van der Waals surface area contributed by atoms with Crippen LogP contribution in [-0.4, -0.2) is 11.1 Å². The van der Waals surface area contributed by atoms with Gasteiger partial charge in [0, 0.05) is 0 Å². The summed E-state index contributed by atoms with van der Waals surface area (Å²) in [6.07, 6.45) is 4.25. The second-order valence-corrected chi connectivity index (χ2v) is 4.27. The molecule has 2 rings (SSSR count). The Hall–Kier alpha value is -1.95. The van der Waals surface area contributed by atoms with E-state index in [4.69, 9.17) is 4.74 Å². The van der Waals surface area contributed by atoms with Crippen LogP contribution in [0, 0.1) is 0 Å². The fourth-order valence-corrected chi connectivity index (χ4v) is 1.64. The van der Waals surface area contributed by atoms with Gasteiger partial charge in [0.1, 0.15) is 6.61 Å². The predicted octanol–water partition coefficient (Wildman–Crippen LogP) is 2.01. The van der Waals surface area contributed by atoms with Crippen molar-refractivity contribution in [3.8, 4) is 0 Å². The lowest BCUT2D eigenvalue weighted by atomic mass is 10.2. The van der Waals surface area contributed by atoms with Gasteiger partial charge in [-0.1, -0.05) is 40.4 Å². The molecular formula is C12H11BrN3O2+. The summed E-state index contributed by atoms with van der Waals surface area (Å²) in [5.74, 6) is 0. The first kappa shape index (κ1) is 12.5. The Labute approximate surface area is 113 Å². The van der Waals surface area contributed by atoms with Gasteiger partial charge in [-0.3, -0.25) is 0 Å². The summed E-state index contributed by atoms with van der Waals surface area (Å²) in [4.78, 5) is 15.5. The van der Waals surface area contributed by atoms with E-state index >= 15 is 0 Å². The number of halogens is 1. The Kier molecular flexibility index (Phi) is 4.25. The van der Waals surface area contributed by atoms with E-state index in [-0.39, 0.29) is 6.61 Å². The third kappa shape index (κ3) is 3.81. The number of nitrogens with one attached hydrogen (secondary N) is 1. The van der Waals surface area contributed by atoms with Gasteiger partial charge in [-0.25, -0.2) is 9.78 Å². The van der Waals surface area contributed by atoms with Gasteiger partial charge in [0.15, 0.2) is 4.60 Å². The zero-order chi connectivity index (χ0) is 12.8. The molecule has 0 aliphatic heterocycles. The molecule has 18 heavy (non-hydrogen) atoms. The molecule has 0 aliphatic carbocycles. The molecule has 2 aromatic rings. The summed E-state index contributed by atoms with van der Waals surface area (Å²) in [5, 5.41) is 0. The van der Waals surface area contributed by atoms with Gasteiger partial charge in [-0.2, -0.15) is 0 Å². The first-order valence-electron chi connectivity index (χ1n) is 5.24. The molecule has 5 nitrogen and oxygen atoms in total. The van der Waals surface area contributed by atoms with Crippen molar-refractivity contribution >= 4 is 22.0 Å². The number of amides is 1. The summed E-state index contributed by atoms with van der Waals surface area (Å²) in [6.45, 7) is 0.236. The van der Waals surface area contributed by atoms with Crippen LogP contribution < -0.4 is 10.1 Å². The zero-order valence-corrected chi connectivity index (χ0v) is 11.0. The molecule has 0 atom stereocenters. The van der Waals surface area contributed by atoms with Crippen molar-refractivity contribution in [2.45, 2.75) is 6.61 Å². The van der Waals surface area contributed by atoms with Gasteiger partial charge in [0.25, 0.3) is 0 Å². The van der Waals surface area contributed by atoms with E-state index in [0.717, 1.165) is 5.56 Å². The third-order valence-corrected chi connectivity index (χ3v) is 2.51. The van der Waals surface area contributed by atoms with Crippen molar-refractivity contribution in [1.29, 1.82) is 0 Å². The van der Waals surface area contributed by atoms with E-state index in [1.807, 2.05) is 30.3 Å². The van der Waals surface area contributed by atoms with Crippen LogP contribution in [0.5, 0.6) is 0 Å². The van der Waals surface area contributed by atoms with E-state index in [1.54, 1.807) is 18.6 Å². The zero-order valence-electron chi connectivity index (χ0n) is 9.41. The summed E-state index contributed by atoms with van der Waals surface area (Å²) in [7, 11) is 0. The average Bonchev–Trinajstić information content (AvgIpc) is 2.38. The number of aromatic nitrogens is 2. The molecule has 0 saturated heterocycles. The molecule has 0 bridgehead atoms. The minimum atomic E-state index is -0.526. The fourth-order valence-electron chi connectivity index (χ4n) is 1.30. The molecular weight excluding hydrogens is 298 g/mol. The molecule has 1 N–H and O–H groups in total. The Morgan fingerprint density at radius 3 is 2.89 bits per heavy atom. The quantitative estimate of drug-likeness (QED) is 0.883. The SMILES string of the molecule is O=C(N[n+]1ccnc(Br)c1)OCc1ccccc1. The third-order valence-electron chi connectivity index (χ3n) is 2.10. The van der Waals surface area contributed by atoms with E-state index in [0.29, 0.717) is 4.60 Å². The Balaban J connectivity index is 1.86. The van der Waals surface area contributed by atoms with E-state index in [9.17, 15) is 4.79 Å². The number of carbonyl (C=O) groups excluding carboxylic acids is 1. The van der Waals surface area contributed by atoms with E-state index in [1.165, 1.54) is 4.68 Å². The summed E-state index contributed by atoms with van der Waals surface area (Å²) >= 11 is 3.20. The lowest BCUT2D eigenvalue weighted by molar-refractivity contribution is -0.643. The number of nitrogens with zero attached hydrogens (tertiary/aromatic N) is 2. The molecule has 1 aromatic heterocycles. The van der Waals surface area contributed by atoms with Crippen molar-refractivity contribution in [3.63, 3.8) is 0 Å². The Morgan fingerprint density at radius 1 is 1.39 bits per heavy atom. The minimum absolute atomic E-state index is 0.236. The first-order valence-corrected chi connectivity index (χ1v) is 6.04. The average molecular weight is 309 g/mol. The van der Waals surface area contributed by atoms with Gasteiger partial charge in [-0.15, -0.1) is 0 Å². The van der Waals surface area contributed by atoms with Gasteiger partial charge >= 0.3 is 6.09 Å². The molecule has 1 aromatic carbocycles. The minimum Gasteiger partial charge on any atom is -0.441 e. The second-order valence-electron chi connectivity index (χ2n) is 3.46. The predicted molar refractivity (Wildman–Crippen MR) is 68.1 cm³/mol. The molecule has 0 radical (unpaired) electrons. The highest BCUT2D eigenvalue weighted by molar-refractivity contribution is 9.10. The van der Waals surface area contributed by atoms with E-state index in [2.05, 4.69) is 26.3 Å². The lowest BCUT2D eigenvalue weighted by Gasteiger charge is -2.03. The van der Waals surface area contributed by atoms with Crippen molar-refractivity contribution in [2.75, 3.05) is 5.43 Å². The summed E-state index contributed by atoms with van der Waals surface area (Å²) in [6, 6.07) is 9.48. The van der Waals surface area contributed by atoms with Crippen molar-refractivity contribution in [3.05, 3.63) is 59.1 Å². The highest BCUT2D eigenvalue weighted by Crippen LogP contribution is 2.00. The van der Waals surface area contributed by atoms with Crippen molar-refractivity contribution in [1.82, 2.24) is 4.98 Å². The Bertz CT molecular complexity index is 534. The number of benzene rings is 1. The number of hydrogen-bond acceptors (Lipinski definition) is 3. The van der Waals surface area contributed by atoms with Gasteiger partial charge in [0.05, 0.1) is 6.20 Å². The maximum atomic E-state index is 11.5. The van der Waals surface area contributed by atoms with Crippen LogP contribution >= 0.6 is 15.9 Å². The van der Waals surface area contributed by atoms with Crippen molar-refractivity contribution < 1.29 is 14.2 Å². The molecule has 0 spiro atoms. The van der Waals surface area contributed by atoms with Gasteiger partial charge in [0.2, 0.25) is 12.4 Å². The molecule has 92 valence electrons. The first-order chi connectivity index (χ1) is 8.74. The highest BCUT2D eigenvalue weighted by atomic mass is 79.9. The number of carbonyl (C=O) groups is 1. The van der Waals surface area contributed by atoms with Gasteiger partial charge < -0.3 is 4.74 Å². The number of rotatable bonds is 3. The molecule has 0 fully saturated rings. The molecule has 1 heterocycles. The molecule has 0 unspecified atom stereocenters. The van der Waals surface area contributed by atoms with Crippen LogP contribution in [0.3, 0.4) is 0 Å². The number of ether oxygens (including phenoxy) is 1. The van der Waals surface area contributed by atoms with E-state index < -0.39 is 6.09 Å². The lowest BCUT2D eigenvalue weighted by Crippen LogP contribution is -2.48. The molecule has 0 saturated carbocycles. The maximum absolute atomic E-state index is 11.5. The van der Waals surface area contributed by atoms with Crippen LogP contribution in [0.1, 0.15) is 5.56 Å². The van der Waals surface area contributed by atoms with Crippen molar-refractivity contribution in [2.24, 2.45) is 0 Å². The normalized spacial score (nSPS) is 9.83. The van der Waals surface area contributed by atoms with Crippen LogP contribution in [-0.2, 0) is 11.3 Å². The monoisotopic (exact) mass is 308 g/mol. The smallest absolute Gasteiger partial charge is 0.441 e. The topological polar surface area (TPSA) is 55.1 Å². The molecule has 1 amide bonds. The van der Waals surface area contributed by atoms with Crippen LogP contribution in [0.15, 0.2) is 53.5 Å². The second kappa shape index (κ2) is 6.11. The molecule has 0 aliphatic rings. The van der Waals surface area contributed by atoms with Crippen LogP contribution in [0.25, 0.3) is 0 Å². The standard InChI is InChI=1S/C12H10BrN3O2/c13-11-8-16(7-6-14-11)15-12(17)18-9-10-4-2-1-3-5-10/h1-8H,9H2/p+1. The summed E-state index contributed by atoms with van der Waals surface area (Å²) in [5.41, 5.74) is 3.48.